The summed E-state index contributed by atoms with van der Waals surface area (Å²) in [5.41, 5.74) is 0.507. The maximum atomic E-state index is 13.1. The Morgan fingerprint density at radius 2 is 2.21 bits per heavy atom. The Morgan fingerprint density at radius 1 is 1.26 bits per heavy atom. The van der Waals surface area contributed by atoms with Gasteiger partial charge in [0.15, 0.2) is 5.82 Å². The van der Waals surface area contributed by atoms with Gasteiger partial charge in [-0.05, 0) is 25.5 Å². The average Bonchev–Trinajstić information content (AvgIpc) is 2.75. The molecule has 100 valence electrons. The molecule has 3 heterocycles. The molecule has 3 rings (SSSR count). The maximum absolute atomic E-state index is 13.1. The number of halogens is 1. The van der Waals surface area contributed by atoms with E-state index in [1.54, 1.807) is 0 Å². The molecule has 1 atom stereocenters. The highest BCUT2D eigenvalue weighted by Gasteiger charge is 2.20. The van der Waals surface area contributed by atoms with Crippen molar-refractivity contribution < 1.29 is 8.91 Å². The second-order valence-electron chi connectivity index (χ2n) is 4.71. The number of hydrogen-bond acceptors (Lipinski definition) is 5. The SMILES string of the molecule is Fc1cncc(-c2nc(C3CCCCCN3)no2)c1. The fourth-order valence-corrected chi connectivity index (χ4v) is 2.27. The second kappa shape index (κ2) is 5.44. The lowest BCUT2D eigenvalue weighted by Crippen LogP contribution is -2.21. The Balaban J connectivity index is 1.82. The van der Waals surface area contributed by atoms with E-state index in [9.17, 15) is 4.39 Å². The van der Waals surface area contributed by atoms with Crippen LogP contribution in [0.4, 0.5) is 4.39 Å². The molecule has 1 fully saturated rings. The van der Waals surface area contributed by atoms with E-state index in [1.165, 1.54) is 25.1 Å². The van der Waals surface area contributed by atoms with Crippen molar-refractivity contribution in [3.63, 3.8) is 0 Å². The summed E-state index contributed by atoms with van der Waals surface area (Å²) in [6.45, 7) is 0.968. The summed E-state index contributed by atoms with van der Waals surface area (Å²) in [7, 11) is 0. The first-order chi connectivity index (χ1) is 9.33. The normalized spacial score (nSPS) is 20.2. The predicted molar refractivity (Wildman–Crippen MR) is 66.7 cm³/mol. The first-order valence-corrected chi connectivity index (χ1v) is 6.51. The molecular weight excluding hydrogens is 247 g/mol. The molecule has 0 radical (unpaired) electrons. The van der Waals surface area contributed by atoms with E-state index in [-0.39, 0.29) is 6.04 Å². The molecule has 0 aliphatic carbocycles. The third kappa shape index (κ3) is 2.78. The molecular formula is C13H15FN4O. The Hall–Kier alpha value is -1.82. The highest BCUT2D eigenvalue weighted by molar-refractivity contribution is 5.50. The zero-order valence-electron chi connectivity index (χ0n) is 10.5. The molecule has 1 unspecified atom stereocenters. The van der Waals surface area contributed by atoms with Crippen LogP contribution in [0.3, 0.4) is 0 Å². The quantitative estimate of drug-likeness (QED) is 0.900. The lowest BCUT2D eigenvalue weighted by Gasteiger charge is -2.09. The van der Waals surface area contributed by atoms with Crippen LogP contribution in [0.5, 0.6) is 0 Å². The smallest absolute Gasteiger partial charge is 0.259 e. The van der Waals surface area contributed by atoms with E-state index in [2.05, 4.69) is 20.4 Å². The maximum Gasteiger partial charge on any atom is 0.259 e. The van der Waals surface area contributed by atoms with Gasteiger partial charge in [-0.3, -0.25) is 4.98 Å². The van der Waals surface area contributed by atoms with Crippen molar-refractivity contribution in [3.8, 4) is 11.5 Å². The summed E-state index contributed by atoms with van der Waals surface area (Å²) in [4.78, 5) is 8.12. The van der Waals surface area contributed by atoms with Gasteiger partial charge in [-0.1, -0.05) is 18.0 Å². The third-order valence-electron chi connectivity index (χ3n) is 3.27. The topological polar surface area (TPSA) is 63.8 Å². The van der Waals surface area contributed by atoms with Crippen molar-refractivity contribution in [1.29, 1.82) is 0 Å². The number of hydrogen-bond donors (Lipinski definition) is 1. The highest BCUT2D eigenvalue weighted by atomic mass is 19.1. The van der Waals surface area contributed by atoms with Crippen LogP contribution in [0.2, 0.25) is 0 Å². The van der Waals surface area contributed by atoms with Crippen molar-refractivity contribution >= 4 is 0 Å². The van der Waals surface area contributed by atoms with E-state index >= 15 is 0 Å². The molecule has 1 aliphatic heterocycles. The zero-order valence-corrected chi connectivity index (χ0v) is 10.5. The Labute approximate surface area is 110 Å². The summed E-state index contributed by atoms with van der Waals surface area (Å²) in [6.07, 6.45) is 7.22. The van der Waals surface area contributed by atoms with Crippen LogP contribution in [0.25, 0.3) is 11.5 Å². The largest absolute Gasteiger partial charge is 0.334 e. The molecule has 6 heteroatoms. The fourth-order valence-electron chi connectivity index (χ4n) is 2.27. The van der Waals surface area contributed by atoms with E-state index in [1.807, 2.05) is 0 Å². The molecule has 0 aromatic carbocycles. The van der Waals surface area contributed by atoms with E-state index < -0.39 is 5.82 Å². The Morgan fingerprint density at radius 3 is 3.11 bits per heavy atom. The number of nitrogens with one attached hydrogen (secondary N) is 1. The van der Waals surface area contributed by atoms with Gasteiger partial charge in [-0.15, -0.1) is 0 Å². The van der Waals surface area contributed by atoms with Gasteiger partial charge in [0.25, 0.3) is 5.89 Å². The van der Waals surface area contributed by atoms with Crippen molar-refractivity contribution in [1.82, 2.24) is 20.4 Å². The predicted octanol–water partition coefficient (Wildman–Crippen LogP) is 2.48. The lowest BCUT2D eigenvalue weighted by molar-refractivity contribution is 0.402. The number of aromatic nitrogens is 3. The first-order valence-electron chi connectivity index (χ1n) is 6.51. The minimum absolute atomic E-state index is 0.126. The van der Waals surface area contributed by atoms with Crippen LogP contribution in [0, 0.1) is 5.82 Å². The molecule has 0 amide bonds. The van der Waals surface area contributed by atoms with Crippen molar-refractivity contribution in [2.75, 3.05) is 6.54 Å². The minimum Gasteiger partial charge on any atom is -0.334 e. The summed E-state index contributed by atoms with van der Waals surface area (Å²) in [6, 6.07) is 1.46. The minimum atomic E-state index is -0.412. The van der Waals surface area contributed by atoms with Gasteiger partial charge < -0.3 is 9.84 Å². The summed E-state index contributed by atoms with van der Waals surface area (Å²) < 4.78 is 18.3. The van der Waals surface area contributed by atoms with E-state index in [0.29, 0.717) is 17.3 Å². The molecule has 1 N–H and O–H groups in total. The van der Waals surface area contributed by atoms with Crippen LogP contribution in [-0.2, 0) is 0 Å². The lowest BCUT2D eigenvalue weighted by atomic mass is 10.1. The third-order valence-corrected chi connectivity index (χ3v) is 3.27. The standard InChI is InChI=1S/C13H15FN4O/c14-10-6-9(7-15-8-10)13-17-12(18-19-13)11-4-2-1-3-5-16-11/h6-8,11,16H,1-5H2. The molecule has 0 spiro atoms. The average molecular weight is 262 g/mol. The van der Waals surface area contributed by atoms with Gasteiger partial charge in [0.05, 0.1) is 17.8 Å². The summed E-state index contributed by atoms with van der Waals surface area (Å²) >= 11 is 0. The fraction of sp³-hybridized carbons (Fsp3) is 0.462. The molecule has 2 aromatic rings. The van der Waals surface area contributed by atoms with Crippen LogP contribution < -0.4 is 5.32 Å². The summed E-state index contributed by atoms with van der Waals surface area (Å²) in [5, 5.41) is 7.39. The van der Waals surface area contributed by atoms with E-state index in [4.69, 9.17) is 4.52 Å². The number of nitrogens with zero attached hydrogens (tertiary/aromatic N) is 3. The Kier molecular flexibility index (Phi) is 3.50. The zero-order chi connectivity index (χ0) is 13.1. The van der Waals surface area contributed by atoms with E-state index in [0.717, 1.165) is 25.6 Å². The Bertz CT molecular complexity index is 549. The van der Waals surface area contributed by atoms with Crippen LogP contribution in [0.15, 0.2) is 23.0 Å². The van der Waals surface area contributed by atoms with Gasteiger partial charge in [0.2, 0.25) is 0 Å². The van der Waals surface area contributed by atoms with Crippen molar-refractivity contribution in [2.24, 2.45) is 0 Å². The van der Waals surface area contributed by atoms with Gasteiger partial charge in [0.1, 0.15) is 5.82 Å². The summed E-state index contributed by atoms with van der Waals surface area (Å²) in [5.74, 6) is 0.541. The molecule has 5 nitrogen and oxygen atoms in total. The first kappa shape index (κ1) is 12.2. The van der Waals surface area contributed by atoms with Crippen molar-refractivity contribution in [3.05, 3.63) is 30.1 Å². The monoisotopic (exact) mass is 262 g/mol. The van der Waals surface area contributed by atoms with Gasteiger partial charge in [0, 0.05) is 6.20 Å². The highest BCUT2D eigenvalue weighted by Crippen LogP contribution is 2.23. The van der Waals surface area contributed by atoms with Gasteiger partial charge >= 0.3 is 0 Å². The van der Waals surface area contributed by atoms with Gasteiger partial charge in [-0.2, -0.15) is 4.98 Å². The molecule has 2 aromatic heterocycles. The molecule has 1 aliphatic rings. The van der Waals surface area contributed by atoms with Crippen LogP contribution in [0.1, 0.15) is 37.5 Å². The molecule has 1 saturated heterocycles. The number of rotatable bonds is 2. The number of pyridine rings is 1. The van der Waals surface area contributed by atoms with Crippen LogP contribution >= 0.6 is 0 Å². The molecule has 0 bridgehead atoms. The molecule has 0 saturated carbocycles. The van der Waals surface area contributed by atoms with Gasteiger partial charge in [-0.25, -0.2) is 4.39 Å². The van der Waals surface area contributed by atoms with Crippen LogP contribution in [-0.4, -0.2) is 21.7 Å². The molecule has 19 heavy (non-hydrogen) atoms. The van der Waals surface area contributed by atoms with Crippen molar-refractivity contribution in [2.45, 2.75) is 31.7 Å². The second-order valence-corrected chi connectivity index (χ2v) is 4.71.